The second-order valence-corrected chi connectivity index (χ2v) is 5.13. The lowest BCUT2D eigenvalue weighted by Gasteiger charge is -2.15. The number of esters is 1. The fraction of sp³-hybridized carbons (Fsp3) is 0.222. The van der Waals surface area contributed by atoms with Gasteiger partial charge in [-0.2, -0.15) is 0 Å². The number of nitrogens with one attached hydrogen (secondary N) is 1. The van der Waals surface area contributed by atoms with E-state index in [0.717, 1.165) is 11.3 Å². The number of methoxy groups -OCH3 is 1. The van der Waals surface area contributed by atoms with Gasteiger partial charge in [0.2, 0.25) is 0 Å². The van der Waals surface area contributed by atoms with Crippen molar-refractivity contribution in [1.82, 2.24) is 0 Å². The van der Waals surface area contributed by atoms with Gasteiger partial charge < -0.3 is 14.8 Å². The number of ether oxygens (including phenoxy) is 2. The highest BCUT2D eigenvalue weighted by Crippen LogP contribution is 2.16. The van der Waals surface area contributed by atoms with E-state index in [0.29, 0.717) is 11.3 Å². The van der Waals surface area contributed by atoms with Gasteiger partial charge in [-0.25, -0.2) is 4.79 Å². The van der Waals surface area contributed by atoms with Crippen molar-refractivity contribution in [2.24, 2.45) is 0 Å². The molecule has 2 aromatic rings. The van der Waals surface area contributed by atoms with Crippen LogP contribution in [0.15, 0.2) is 48.5 Å². The van der Waals surface area contributed by atoms with Crippen LogP contribution in [-0.4, -0.2) is 25.1 Å². The fourth-order valence-electron chi connectivity index (χ4n) is 1.93. The van der Waals surface area contributed by atoms with Crippen molar-refractivity contribution in [3.8, 4) is 5.75 Å². The Morgan fingerprint density at radius 1 is 1.00 bits per heavy atom. The van der Waals surface area contributed by atoms with Gasteiger partial charge in [0.05, 0.1) is 12.7 Å². The maximum absolute atomic E-state index is 12.1. The average Bonchev–Trinajstić information content (AvgIpc) is 2.56. The lowest BCUT2D eigenvalue weighted by molar-refractivity contribution is -0.122. The van der Waals surface area contributed by atoms with E-state index in [1.807, 2.05) is 31.2 Å². The maximum Gasteiger partial charge on any atom is 0.337 e. The Bertz CT molecular complexity index is 677. The normalized spacial score (nSPS) is 11.4. The molecular weight excluding hydrogens is 294 g/mol. The fourth-order valence-corrected chi connectivity index (χ4v) is 1.93. The Hall–Kier alpha value is -2.82. The van der Waals surface area contributed by atoms with Crippen LogP contribution in [0.5, 0.6) is 5.75 Å². The minimum absolute atomic E-state index is 0.245. The summed E-state index contributed by atoms with van der Waals surface area (Å²) in [6, 6.07) is 14.0. The van der Waals surface area contributed by atoms with Crippen LogP contribution in [0.25, 0.3) is 0 Å². The smallest absolute Gasteiger partial charge is 0.337 e. The van der Waals surface area contributed by atoms with Gasteiger partial charge in [-0.15, -0.1) is 0 Å². The summed E-state index contributed by atoms with van der Waals surface area (Å²) in [6.07, 6.45) is -0.666. The van der Waals surface area contributed by atoms with E-state index < -0.39 is 12.1 Å². The van der Waals surface area contributed by atoms with E-state index in [-0.39, 0.29) is 5.91 Å². The molecule has 5 nitrogen and oxygen atoms in total. The molecule has 5 heteroatoms. The van der Waals surface area contributed by atoms with Crippen LogP contribution in [0.4, 0.5) is 5.69 Å². The van der Waals surface area contributed by atoms with Crippen molar-refractivity contribution in [3.63, 3.8) is 0 Å². The highest BCUT2D eigenvalue weighted by molar-refractivity contribution is 5.94. The third kappa shape index (κ3) is 4.57. The third-order valence-corrected chi connectivity index (χ3v) is 3.28. The average molecular weight is 313 g/mol. The number of hydrogen-bond acceptors (Lipinski definition) is 4. The second-order valence-electron chi connectivity index (χ2n) is 5.13. The molecule has 0 heterocycles. The highest BCUT2D eigenvalue weighted by atomic mass is 16.5. The van der Waals surface area contributed by atoms with Crippen LogP contribution >= 0.6 is 0 Å². The van der Waals surface area contributed by atoms with Crippen molar-refractivity contribution in [2.45, 2.75) is 20.0 Å². The summed E-state index contributed by atoms with van der Waals surface area (Å²) in [6.45, 7) is 3.65. The van der Waals surface area contributed by atoms with Crippen LogP contribution in [0, 0.1) is 6.92 Å². The molecule has 2 aromatic carbocycles. The predicted octanol–water partition coefficient (Wildman–Crippen LogP) is 3.19. The van der Waals surface area contributed by atoms with Crippen molar-refractivity contribution in [2.75, 3.05) is 12.4 Å². The third-order valence-electron chi connectivity index (χ3n) is 3.28. The largest absolute Gasteiger partial charge is 0.481 e. The minimum Gasteiger partial charge on any atom is -0.481 e. The maximum atomic E-state index is 12.1. The molecule has 0 saturated carbocycles. The number of benzene rings is 2. The van der Waals surface area contributed by atoms with Gasteiger partial charge in [0.25, 0.3) is 5.91 Å². The summed E-state index contributed by atoms with van der Waals surface area (Å²) in [5, 5.41) is 2.79. The molecule has 2 rings (SSSR count). The zero-order valence-corrected chi connectivity index (χ0v) is 13.3. The second kappa shape index (κ2) is 7.45. The summed E-state index contributed by atoms with van der Waals surface area (Å²) in [5.74, 6) is -0.156. The topological polar surface area (TPSA) is 64.6 Å². The van der Waals surface area contributed by atoms with Crippen LogP contribution < -0.4 is 10.1 Å². The minimum atomic E-state index is -0.666. The SMILES string of the molecule is COC(=O)c1ccc(O[C@@H](C)C(=O)Nc2ccc(C)cc2)cc1. The van der Waals surface area contributed by atoms with Crippen molar-refractivity contribution < 1.29 is 19.1 Å². The van der Waals surface area contributed by atoms with Crippen molar-refractivity contribution in [3.05, 3.63) is 59.7 Å². The number of aryl methyl sites for hydroxylation is 1. The standard InChI is InChI=1S/C18H19NO4/c1-12-4-8-15(9-5-12)19-17(20)13(2)23-16-10-6-14(7-11-16)18(21)22-3/h4-11,13H,1-3H3,(H,19,20)/t13-/m0/s1. The molecular formula is C18H19NO4. The summed E-state index contributed by atoms with van der Waals surface area (Å²) in [4.78, 5) is 23.5. The summed E-state index contributed by atoms with van der Waals surface area (Å²) in [7, 11) is 1.32. The summed E-state index contributed by atoms with van der Waals surface area (Å²) >= 11 is 0. The summed E-state index contributed by atoms with van der Waals surface area (Å²) < 4.78 is 10.2. The molecule has 0 aliphatic heterocycles. The predicted molar refractivity (Wildman–Crippen MR) is 87.7 cm³/mol. The number of rotatable bonds is 5. The number of anilines is 1. The highest BCUT2D eigenvalue weighted by Gasteiger charge is 2.15. The van der Waals surface area contributed by atoms with E-state index in [4.69, 9.17) is 4.74 Å². The number of carbonyl (C=O) groups is 2. The molecule has 0 unspecified atom stereocenters. The molecule has 0 radical (unpaired) electrons. The quantitative estimate of drug-likeness (QED) is 0.861. The monoisotopic (exact) mass is 313 g/mol. The molecule has 0 fully saturated rings. The first-order chi connectivity index (χ1) is 11.0. The molecule has 23 heavy (non-hydrogen) atoms. The van der Waals surface area contributed by atoms with Gasteiger partial charge in [0, 0.05) is 5.69 Å². The first-order valence-electron chi connectivity index (χ1n) is 7.22. The van der Waals surface area contributed by atoms with Gasteiger partial charge in [0.15, 0.2) is 6.10 Å². The Balaban J connectivity index is 1.95. The molecule has 0 bridgehead atoms. The molecule has 1 atom stereocenters. The van der Waals surface area contributed by atoms with Gasteiger partial charge in [0.1, 0.15) is 5.75 Å². The number of amides is 1. The zero-order valence-electron chi connectivity index (χ0n) is 13.3. The first-order valence-corrected chi connectivity index (χ1v) is 7.22. The van der Waals surface area contributed by atoms with E-state index in [1.165, 1.54) is 7.11 Å². The van der Waals surface area contributed by atoms with Gasteiger partial charge in [-0.05, 0) is 50.2 Å². The van der Waals surface area contributed by atoms with E-state index >= 15 is 0 Å². The van der Waals surface area contributed by atoms with Gasteiger partial charge >= 0.3 is 5.97 Å². The van der Waals surface area contributed by atoms with E-state index in [2.05, 4.69) is 10.1 Å². The Kier molecular flexibility index (Phi) is 5.36. The molecule has 0 spiro atoms. The molecule has 0 aliphatic rings. The lowest BCUT2D eigenvalue weighted by Crippen LogP contribution is -2.30. The van der Waals surface area contributed by atoms with Crippen LogP contribution in [-0.2, 0) is 9.53 Å². The molecule has 1 amide bonds. The van der Waals surface area contributed by atoms with Crippen molar-refractivity contribution >= 4 is 17.6 Å². The molecule has 0 aliphatic carbocycles. The molecule has 0 aromatic heterocycles. The van der Waals surface area contributed by atoms with Crippen LogP contribution in [0.3, 0.4) is 0 Å². The first kappa shape index (κ1) is 16.5. The Morgan fingerprint density at radius 2 is 1.61 bits per heavy atom. The lowest BCUT2D eigenvalue weighted by atomic mass is 10.2. The molecule has 1 N–H and O–H groups in total. The van der Waals surface area contributed by atoms with E-state index in [1.54, 1.807) is 31.2 Å². The number of carbonyl (C=O) groups excluding carboxylic acids is 2. The molecule has 120 valence electrons. The van der Waals surface area contributed by atoms with Crippen LogP contribution in [0.1, 0.15) is 22.8 Å². The molecule has 0 saturated heterocycles. The Labute approximate surface area is 135 Å². The van der Waals surface area contributed by atoms with Crippen LogP contribution in [0.2, 0.25) is 0 Å². The Morgan fingerprint density at radius 3 is 2.17 bits per heavy atom. The number of hydrogen-bond donors (Lipinski definition) is 1. The van der Waals surface area contributed by atoms with Gasteiger partial charge in [-0.1, -0.05) is 17.7 Å². The van der Waals surface area contributed by atoms with Crippen molar-refractivity contribution in [1.29, 1.82) is 0 Å². The zero-order chi connectivity index (χ0) is 16.8. The van der Waals surface area contributed by atoms with E-state index in [9.17, 15) is 9.59 Å². The summed E-state index contributed by atoms with van der Waals surface area (Å²) in [5.41, 5.74) is 2.27. The van der Waals surface area contributed by atoms with Gasteiger partial charge in [-0.3, -0.25) is 4.79 Å².